The van der Waals surface area contributed by atoms with Gasteiger partial charge in [0, 0.05) is 5.92 Å². The number of hydrogen-bond acceptors (Lipinski definition) is 6. The van der Waals surface area contributed by atoms with E-state index in [-0.39, 0.29) is 18.4 Å². The molecule has 1 fully saturated rings. The second-order valence-electron chi connectivity index (χ2n) is 4.58. The molecular formula is C12H18N4O2S2. The fraction of sp³-hybridized carbons (Fsp3) is 0.667. The first-order chi connectivity index (χ1) is 9.63. The second kappa shape index (κ2) is 7.03. The average molecular weight is 314 g/mol. The summed E-state index contributed by atoms with van der Waals surface area (Å²) in [6, 6.07) is 0. The van der Waals surface area contributed by atoms with Crippen molar-refractivity contribution in [2.45, 2.75) is 32.6 Å². The largest absolute Gasteiger partial charge is 0.323 e. The van der Waals surface area contributed by atoms with Crippen molar-refractivity contribution in [2.24, 2.45) is 0 Å². The lowest BCUT2D eigenvalue weighted by Crippen LogP contribution is -2.34. The van der Waals surface area contributed by atoms with Crippen LogP contribution in [0, 0.1) is 0 Å². The molecular weight excluding hydrogens is 296 g/mol. The molecule has 0 saturated carbocycles. The molecule has 0 bridgehead atoms. The zero-order valence-corrected chi connectivity index (χ0v) is 13.2. The van der Waals surface area contributed by atoms with Crippen LogP contribution in [0.5, 0.6) is 0 Å². The molecule has 1 aromatic rings. The summed E-state index contributed by atoms with van der Waals surface area (Å²) in [5, 5.41) is 12.3. The fourth-order valence-corrected chi connectivity index (χ4v) is 3.89. The fourth-order valence-electron chi connectivity index (χ4n) is 1.96. The van der Waals surface area contributed by atoms with Gasteiger partial charge in [-0.25, -0.2) is 0 Å². The van der Waals surface area contributed by atoms with Crippen LogP contribution in [-0.2, 0) is 9.59 Å². The lowest BCUT2D eigenvalue weighted by Gasteiger charge is -2.12. The molecule has 0 unspecified atom stereocenters. The molecule has 1 N–H and O–H groups in total. The minimum absolute atomic E-state index is 0.0140. The van der Waals surface area contributed by atoms with E-state index in [0.717, 1.165) is 17.8 Å². The Labute approximate surface area is 126 Å². The Hall–Kier alpha value is -1.15. The molecule has 110 valence electrons. The molecule has 0 aromatic carbocycles. The van der Waals surface area contributed by atoms with E-state index in [9.17, 15) is 9.59 Å². The van der Waals surface area contributed by atoms with Gasteiger partial charge >= 0.3 is 0 Å². The summed E-state index contributed by atoms with van der Waals surface area (Å²) in [5.41, 5.74) is 0. The Morgan fingerprint density at radius 1 is 1.40 bits per heavy atom. The Morgan fingerprint density at radius 3 is 2.75 bits per heavy atom. The van der Waals surface area contributed by atoms with E-state index < -0.39 is 0 Å². The van der Waals surface area contributed by atoms with Gasteiger partial charge in [0.2, 0.25) is 16.9 Å². The number of rotatable bonds is 6. The molecule has 2 amide bonds. The Morgan fingerprint density at radius 2 is 2.15 bits per heavy atom. The van der Waals surface area contributed by atoms with Crippen LogP contribution in [0.3, 0.4) is 0 Å². The minimum Gasteiger partial charge on any atom is -0.323 e. The predicted molar refractivity (Wildman–Crippen MR) is 80.9 cm³/mol. The highest BCUT2D eigenvalue weighted by Gasteiger charge is 2.23. The van der Waals surface area contributed by atoms with Gasteiger partial charge < -0.3 is 4.90 Å². The first kappa shape index (κ1) is 15.2. The van der Waals surface area contributed by atoms with Gasteiger partial charge in [-0.3, -0.25) is 14.9 Å². The van der Waals surface area contributed by atoms with E-state index >= 15 is 0 Å². The maximum Gasteiger partial charge on any atom is 0.245 e. The zero-order chi connectivity index (χ0) is 14.5. The number of anilines is 1. The summed E-state index contributed by atoms with van der Waals surface area (Å²) in [7, 11) is 0. The highest BCUT2D eigenvalue weighted by molar-refractivity contribution is 8.00. The molecule has 1 aliphatic rings. The van der Waals surface area contributed by atoms with E-state index in [1.54, 1.807) is 4.90 Å². The first-order valence-electron chi connectivity index (χ1n) is 6.62. The number of thioether (sulfide) groups is 1. The van der Waals surface area contributed by atoms with Crippen LogP contribution in [0.1, 0.15) is 37.6 Å². The van der Waals surface area contributed by atoms with Crippen LogP contribution >= 0.6 is 23.1 Å². The molecule has 8 heteroatoms. The summed E-state index contributed by atoms with van der Waals surface area (Å²) in [5.74, 6) is 1.25. The summed E-state index contributed by atoms with van der Waals surface area (Å²) < 4.78 is 0. The minimum atomic E-state index is -0.215. The Balaban J connectivity index is 1.89. The van der Waals surface area contributed by atoms with E-state index in [4.69, 9.17) is 0 Å². The van der Waals surface area contributed by atoms with Crippen LogP contribution in [-0.4, -0.2) is 45.1 Å². The van der Waals surface area contributed by atoms with Gasteiger partial charge in [0.1, 0.15) is 11.6 Å². The summed E-state index contributed by atoms with van der Waals surface area (Å²) in [6.45, 7) is 4.32. The lowest BCUT2D eigenvalue weighted by molar-refractivity contribution is -0.130. The molecule has 0 aliphatic carbocycles. The van der Waals surface area contributed by atoms with Crippen molar-refractivity contribution >= 4 is 40.0 Å². The maximum atomic E-state index is 11.9. The zero-order valence-electron chi connectivity index (χ0n) is 11.6. The second-order valence-corrected chi connectivity index (χ2v) is 6.54. The van der Waals surface area contributed by atoms with Gasteiger partial charge in [-0.1, -0.05) is 25.2 Å². The molecule has 0 radical (unpaired) electrons. The number of carbonyl (C=O) groups is 2. The standard InChI is InChI=1S/C12H18N4O2S2/c1-3-8(4-2)11-14-15-12(20-11)13-9(17)5-16-7-19-6-10(16)18/h8H,3-7H2,1-2H3,(H,13,15,17). The van der Waals surface area contributed by atoms with Crippen LogP contribution < -0.4 is 5.32 Å². The normalized spacial score (nSPS) is 15.2. The van der Waals surface area contributed by atoms with E-state index in [1.807, 2.05) is 0 Å². The third kappa shape index (κ3) is 3.69. The topological polar surface area (TPSA) is 75.2 Å². The summed E-state index contributed by atoms with van der Waals surface area (Å²) >= 11 is 2.94. The number of aromatic nitrogens is 2. The maximum absolute atomic E-state index is 11.9. The molecule has 20 heavy (non-hydrogen) atoms. The van der Waals surface area contributed by atoms with Gasteiger partial charge in [0.05, 0.1) is 11.6 Å². The van der Waals surface area contributed by atoms with Crippen molar-refractivity contribution in [3.8, 4) is 0 Å². The highest BCUT2D eigenvalue weighted by Crippen LogP contribution is 2.28. The van der Waals surface area contributed by atoms with Crippen molar-refractivity contribution in [3.63, 3.8) is 0 Å². The van der Waals surface area contributed by atoms with Gasteiger partial charge in [0.25, 0.3) is 0 Å². The van der Waals surface area contributed by atoms with Crippen molar-refractivity contribution in [1.82, 2.24) is 15.1 Å². The van der Waals surface area contributed by atoms with Crippen LogP contribution in [0.2, 0.25) is 0 Å². The molecule has 1 aromatic heterocycles. The van der Waals surface area contributed by atoms with Crippen molar-refractivity contribution in [2.75, 3.05) is 23.5 Å². The number of carbonyl (C=O) groups excluding carboxylic acids is 2. The highest BCUT2D eigenvalue weighted by atomic mass is 32.2. The first-order valence-corrected chi connectivity index (χ1v) is 8.59. The molecule has 0 atom stereocenters. The van der Waals surface area contributed by atoms with Crippen molar-refractivity contribution in [3.05, 3.63) is 5.01 Å². The van der Waals surface area contributed by atoms with Crippen molar-refractivity contribution < 1.29 is 9.59 Å². The van der Waals surface area contributed by atoms with Crippen LogP contribution in [0.15, 0.2) is 0 Å². The Kier molecular flexibility index (Phi) is 5.36. The molecule has 1 saturated heterocycles. The number of nitrogens with zero attached hydrogens (tertiary/aromatic N) is 3. The number of amides is 2. The van der Waals surface area contributed by atoms with Gasteiger partial charge in [-0.2, -0.15) is 0 Å². The molecule has 1 aliphatic heterocycles. The monoisotopic (exact) mass is 314 g/mol. The third-order valence-corrected chi connectivity index (χ3v) is 5.13. The molecule has 2 heterocycles. The number of hydrogen-bond donors (Lipinski definition) is 1. The van der Waals surface area contributed by atoms with Gasteiger partial charge in [0.15, 0.2) is 0 Å². The summed E-state index contributed by atoms with van der Waals surface area (Å²) in [6.07, 6.45) is 2.02. The third-order valence-electron chi connectivity index (χ3n) is 3.18. The van der Waals surface area contributed by atoms with Crippen molar-refractivity contribution in [1.29, 1.82) is 0 Å². The molecule has 6 nitrogen and oxygen atoms in total. The predicted octanol–water partition coefficient (Wildman–Crippen LogP) is 1.91. The number of nitrogens with one attached hydrogen (secondary N) is 1. The van der Waals surface area contributed by atoms with Gasteiger partial charge in [-0.05, 0) is 12.8 Å². The lowest BCUT2D eigenvalue weighted by atomic mass is 10.1. The molecule has 2 rings (SSSR count). The van der Waals surface area contributed by atoms with E-state index in [0.29, 0.717) is 22.7 Å². The van der Waals surface area contributed by atoms with E-state index in [2.05, 4.69) is 29.4 Å². The quantitative estimate of drug-likeness (QED) is 0.868. The Bertz CT molecular complexity index is 488. The summed E-state index contributed by atoms with van der Waals surface area (Å²) in [4.78, 5) is 24.8. The SMILES string of the molecule is CCC(CC)c1nnc(NC(=O)CN2CSCC2=O)s1. The van der Waals surface area contributed by atoms with E-state index in [1.165, 1.54) is 23.1 Å². The van der Waals surface area contributed by atoms with Crippen LogP contribution in [0.25, 0.3) is 0 Å². The molecule has 0 spiro atoms. The smallest absolute Gasteiger partial charge is 0.245 e. The van der Waals surface area contributed by atoms with Crippen LogP contribution in [0.4, 0.5) is 5.13 Å². The average Bonchev–Trinajstić information content (AvgIpc) is 3.02. The van der Waals surface area contributed by atoms with Gasteiger partial charge in [-0.15, -0.1) is 22.0 Å².